The van der Waals surface area contributed by atoms with E-state index in [1.54, 1.807) is 0 Å². The van der Waals surface area contributed by atoms with Crippen LogP contribution in [0.25, 0.3) is 10.2 Å². The Morgan fingerprint density at radius 1 is 1.23 bits per heavy atom. The highest BCUT2D eigenvalue weighted by Crippen LogP contribution is 2.38. The van der Waals surface area contributed by atoms with E-state index in [2.05, 4.69) is 49.2 Å². The van der Waals surface area contributed by atoms with Gasteiger partial charge in [-0.2, -0.15) is 0 Å². The number of carbonyl (C=O) groups excluding carboxylic acids is 1. The van der Waals surface area contributed by atoms with Crippen LogP contribution in [0.5, 0.6) is 0 Å². The fourth-order valence-corrected chi connectivity index (χ4v) is 6.48. The van der Waals surface area contributed by atoms with Crippen molar-refractivity contribution in [3.63, 3.8) is 0 Å². The number of aliphatic hydroxyl groups is 1. The molecule has 186 valence electrons. The van der Waals surface area contributed by atoms with Gasteiger partial charge in [0.2, 0.25) is 0 Å². The van der Waals surface area contributed by atoms with E-state index >= 15 is 0 Å². The van der Waals surface area contributed by atoms with Crippen molar-refractivity contribution in [2.45, 2.75) is 65.0 Å². The number of hydrogen-bond donors (Lipinski definition) is 2. The molecule has 0 bridgehead atoms. The Labute approximate surface area is 212 Å². The summed E-state index contributed by atoms with van der Waals surface area (Å²) < 4.78 is 0. The van der Waals surface area contributed by atoms with Crippen LogP contribution in [0.15, 0.2) is 42.5 Å². The van der Waals surface area contributed by atoms with Gasteiger partial charge in [-0.3, -0.25) is 4.79 Å². The molecule has 1 saturated heterocycles. The van der Waals surface area contributed by atoms with Crippen molar-refractivity contribution in [1.29, 1.82) is 0 Å². The maximum Gasteiger partial charge on any atom is 0.261 e. The van der Waals surface area contributed by atoms with Gasteiger partial charge in [0, 0.05) is 30.7 Å². The lowest BCUT2D eigenvalue weighted by Gasteiger charge is -2.34. The minimum atomic E-state index is -0.227. The summed E-state index contributed by atoms with van der Waals surface area (Å²) in [5.74, 6) is 0.632. The molecule has 6 heteroatoms. The summed E-state index contributed by atoms with van der Waals surface area (Å²) in [6.45, 7) is 9.48. The second-order valence-electron chi connectivity index (χ2n) is 11.4. The van der Waals surface area contributed by atoms with E-state index in [1.807, 2.05) is 24.3 Å². The highest BCUT2D eigenvalue weighted by Gasteiger charge is 2.30. The number of aromatic nitrogens is 1. The molecule has 3 aromatic rings. The minimum Gasteiger partial charge on any atom is -0.392 e. The SMILES string of the molecule is CC(C)(C)[C@H]1CCc2nc3sc(C(=O)N[C@H](CCN4CCC(O)C4)c4ccccc4)cc3cc2C1. The maximum atomic E-state index is 13.4. The first-order valence-electron chi connectivity index (χ1n) is 12.9. The zero-order chi connectivity index (χ0) is 24.6. The number of amides is 1. The Morgan fingerprint density at radius 3 is 2.74 bits per heavy atom. The van der Waals surface area contributed by atoms with Crippen LogP contribution in [0.2, 0.25) is 0 Å². The number of aryl methyl sites for hydroxylation is 1. The van der Waals surface area contributed by atoms with Crippen LogP contribution in [0.4, 0.5) is 0 Å². The summed E-state index contributed by atoms with van der Waals surface area (Å²) in [5, 5.41) is 14.2. The molecule has 2 aliphatic rings. The van der Waals surface area contributed by atoms with Crippen LogP contribution < -0.4 is 5.32 Å². The maximum absolute atomic E-state index is 13.4. The third-order valence-corrected chi connectivity index (χ3v) is 8.85. The van der Waals surface area contributed by atoms with Crippen LogP contribution in [0.1, 0.15) is 72.6 Å². The Hall–Kier alpha value is -2.28. The van der Waals surface area contributed by atoms with Gasteiger partial charge in [0.05, 0.1) is 17.0 Å². The average molecular weight is 492 g/mol. The normalized spacial score (nSPS) is 21.7. The number of likely N-dealkylation sites (tertiary alicyclic amines) is 1. The van der Waals surface area contributed by atoms with Gasteiger partial charge in [-0.1, -0.05) is 51.1 Å². The lowest BCUT2D eigenvalue weighted by atomic mass is 9.71. The molecule has 1 fully saturated rings. The molecule has 1 aliphatic carbocycles. The molecule has 0 radical (unpaired) electrons. The number of aliphatic hydroxyl groups excluding tert-OH is 1. The highest BCUT2D eigenvalue weighted by molar-refractivity contribution is 7.20. The molecule has 1 amide bonds. The number of benzene rings is 1. The zero-order valence-electron chi connectivity index (χ0n) is 21.1. The van der Waals surface area contributed by atoms with Crippen molar-refractivity contribution in [3.8, 4) is 0 Å². The average Bonchev–Trinajstić information content (AvgIpc) is 3.45. The zero-order valence-corrected chi connectivity index (χ0v) is 21.9. The van der Waals surface area contributed by atoms with Crippen LogP contribution in [0, 0.1) is 11.3 Å². The quantitative estimate of drug-likeness (QED) is 0.486. The van der Waals surface area contributed by atoms with Crippen molar-refractivity contribution in [2.75, 3.05) is 19.6 Å². The molecule has 35 heavy (non-hydrogen) atoms. The number of hydrogen-bond acceptors (Lipinski definition) is 5. The van der Waals surface area contributed by atoms with Crippen LogP contribution in [0.3, 0.4) is 0 Å². The van der Waals surface area contributed by atoms with Crippen LogP contribution in [-0.4, -0.2) is 46.6 Å². The summed E-state index contributed by atoms with van der Waals surface area (Å²) in [6, 6.07) is 14.4. The van der Waals surface area contributed by atoms with Gasteiger partial charge >= 0.3 is 0 Å². The molecule has 1 aliphatic heterocycles. The molecule has 1 unspecified atom stereocenters. The standard InChI is InChI=1S/C29H37N3O2S/c1-29(2,3)22-9-10-24-20(16-22)15-21-17-26(35-28(21)31-24)27(34)30-25(19-7-5-4-6-8-19)12-14-32-13-11-23(33)18-32/h4-8,15,17,22-23,25,33H,9-14,16,18H2,1-3H3,(H,30,34)/t22-,23?,25+/m0/s1. The number of carbonyl (C=O) groups is 1. The molecule has 5 rings (SSSR count). The Bertz CT molecular complexity index is 1180. The Morgan fingerprint density at radius 2 is 2.03 bits per heavy atom. The van der Waals surface area contributed by atoms with E-state index in [-0.39, 0.29) is 18.1 Å². The van der Waals surface area contributed by atoms with E-state index in [0.717, 1.165) is 66.0 Å². The molecule has 2 aromatic heterocycles. The molecule has 2 N–H and O–H groups in total. The van der Waals surface area contributed by atoms with Gasteiger partial charge in [0.25, 0.3) is 5.91 Å². The molecule has 1 aromatic carbocycles. The first-order chi connectivity index (χ1) is 16.8. The van der Waals surface area contributed by atoms with Crippen molar-refractivity contribution in [3.05, 3.63) is 64.2 Å². The second kappa shape index (κ2) is 10.00. The van der Waals surface area contributed by atoms with Gasteiger partial charge < -0.3 is 15.3 Å². The second-order valence-corrected chi connectivity index (χ2v) is 12.4. The van der Waals surface area contributed by atoms with E-state index in [1.165, 1.54) is 29.0 Å². The number of rotatable bonds is 6. The fourth-order valence-electron chi connectivity index (χ4n) is 5.54. The van der Waals surface area contributed by atoms with Crippen LogP contribution in [-0.2, 0) is 12.8 Å². The number of pyridine rings is 1. The highest BCUT2D eigenvalue weighted by atomic mass is 32.1. The third kappa shape index (κ3) is 5.60. The lowest BCUT2D eigenvalue weighted by molar-refractivity contribution is 0.0935. The largest absolute Gasteiger partial charge is 0.392 e. The van der Waals surface area contributed by atoms with Crippen molar-refractivity contribution in [1.82, 2.24) is 15.2 Å². The summed E-state index contributed by atoms with van der Waals surface area (Å²) in [7, 11) is 0. The number of thiophene rings is 1. The number of β-amino-alcohol motifs (C(OH)–C–C–N with tert-alkyl or cyclic N) is 1. The molecular formula is C29H37N3O2S. The van der Waals surface area contributed by atoms with Gasteiger partial charge in [0.15, 0.2) is 0 Å². The van der Waals surface area contributed by atoms with E-state index in [9.17, 15) is 9.90 Å². The minimum absolute atomic E-state index is 0.0335. The first kappa shape index (κ1) is 24.4. The van der Waals surface area contributed by atoms with Crippen molar-refractivity contribution in [2.24, 2.45) is 11.3 Å². The molecule has 0 spiro atoms. The monoisotopic (exact) mass is 491 g/mol. The molecule has 0 saturated carbocycles. The number of nitrogens with one attached hydrogen (secondary N) is 1. The molecule has 5 nitrogen and oxygen atoms in total. The predicted octanol–water partition coefficient (Wildman–Crippen LogP) is 5.38. The van der Waals surface area contributed by atoms with Gasteiger partial charge in [-0.05, 0) is 66.7 Å². The van der Waals surface area contributed by atoms with Crippen LogP contribution >= 0.6 is 11.3 Å². The third-order valence-electron chi connectivity index (χ3n) is 7.81. The topological polar surface area (TPSA) is 65.5 Å². The van der Waals surface area contributed by atoms with Gasteiger partial charge in [-0.15, -0.1) is 11.3 Å². The Balaban J connectivity index is 1.33. The van der Waals surface area contributed by atoms with E-state index < -0.39 is 0 Å². The molecule has 3 atom stereocenters. The molecular weight excluding hydrogens is 454 g/mol. The summed E-state index contributed by atoms with van der Waals surface area (Å²) >= 11 is 1.50. The number of fused-ring (bicyclic) bond motifs is 2. The smallest absolute Gasteiger partial charge is 0.261 e. The van der Waals surface area contributed by atoms with E-state index in [4.69, 9.17) is 4.98 Å². The predicted molar refractivity (Wildman–Crippen MR) is 143 cm³/mol. The molecule has 3 heterocycles. The number of nitrogens with zero attached hydrogens (tertiary/aromatic N) is 2. The van der Waals surface area contributed by atoms with Crippen molar-refractivity contribution >= 4 is 27.5 Å². The summed E-state index contributed by atoms with van der Waals surface area (Å²) in [6.07, 6.45) is 4.69. The van der Waals surface area contributed by atoms with Crippen molar-refractivity contribution < 1.29 is 9.90 Å². The Kier molecular flexibility index (Phi) is 6.97. The fraction of sp³-hybridized carbons (Fsp3) is 0.517. The lowest BCUT2D eigenvalue weighted by Crippen LogP contribution is -2.32. The summed E-state index contributed by atoms with van der Waals surface area (Å²) in [5.41, 5.74) is 3.97. The first-order valence-corrected chi connectivity index (χ1v) is 13.8. The van der Waals surface area contributed by atoms with Gasteiger partial charge in [0.1, 0.15) is 4.83 Å². The van der Waals surface area contributed by atoms with E-state index in [0.29, 0.717) is 11.3 Å². The van der Waals surface area contributed by atoms with Gasteiger partial charge in [-0.25, -0.2) is 4.98 Å². The summed E-state index contributed by atoms with van der Waals surface area (Å²) in [4.78, 5) is 22.3.